The van der Waals surface area contributed by atoms with Crippen molar-refractivity contribution in [1.29, 1.82) is 0 Å². The number of para-hydroxylation sites is 1. The Balaban J connectivity index is 1.55. The number of ether oxygens (including phenoxy) is 1. The normalized spacial score (nSPS) is 16.8. The van der Waals surface area contributed by atoms with Gasteiger partial charge in [0.2, 0.25) is 11.2 Å². The maximum absolute atomic E-state index is 12.3. The maximum Gasteiger partial charge on any atom is 0.225 e. The molecule has 12 heteroatoms. The molecule has 0 saturated heterocycles. The summed E-state index contributed by atoms with van der Waals surface area (Å²) in [6, 6.07) is 10.8. The van der Waals surface area contributed by atoms with Crippen LogP contribution in [0.15, 0.2) is 59.7 Å². The van der Waals surface area contributed by atoms with Crippen LogP contribution in [-0.4, -0.2) is 45.9 Å². The summed E-state index contributed by atoms with van der Waals surface area (Å²) in [4.78, 5) is 8.27. The summed E-state index contributed by atoms with van der Waals surface area (Å²) in [5.74, 6) is 1.38. The Morgan fingerprint density at radius 2 is 2.00 bits per heavy atom. The van der Waals surface area contributed by atoms with Crippen molar-refractivity contribution in [3.05, 3.63) is 76.2 Å². The summed E-state index contributed by atoms with van der Waals surface area (Å²) < 4.78 is 32.1. The van der Waals surface area contributed by atoms with Gasteiger partial charge in [0.25, 0.3) is 0 Å². The summed E-state index contributed by atoms with van der Waals surface area (Å²) in [5.41, 5.74) is 1.92. The first kappa shape index (κ1) is 28.8. The van der Waals surface area contributed by atoms with Crippen molar-refractivity contribution in [2.24, 2.45) is 5.92 Å². The molecule has 3 N–H and O–H groups in total. The van der Waals surface area contributed by atoms with E-state index in [1.54, 1.807) is 22.9 Å². The predicted octanol–water partition coefficient (Wildman–Crippen LogP) is 4.70. The highest BCUT2D eigenvalue weighted by Gasteiger charge is 2.25. The molecule has 2 unspecified atom stereocenters. The van der Waals surface area contributed by atoms with Crippen molar-refractivity contribution in [1.82, 2.24) is 25.1 Å². The monoisotopic (exact) mass is 572 g/mol. The fourth-order valence-corrected chi connectivity index (χ4v) is 5.05. The van der Waals surface area contributed by atoms with Crippen LogP contribution in [0.2, 0.25) is 5.28 Å². The van der Waals surface area contributed by atoms with E-state index in [2.05, 4.69) is 20.6 Å². The van der Waals surface area contributed by atoms with Gasteiger partial charge in [-0.2, -0.15) is 10.1 Å². The summed E-state index contributed by atoms with van der Waals surface area (Å²) >= 11 is 5.87. The fourth-order valence-electron chi connectivity index (χ4n) is 4.01. The lowest BCUT2D eigenvalue weighted by atomic mass is 9.92. The van der Waals surface area contributed by atoms with E-state index in [1.807, 2.05) is 58.0 Å². The Kier molecular flexibility index (Phi) is 8.45. The molecule has 1 aliphatic carbocycles. The number of sulfone groups is 1. The lowest BCUT2D eigenvalue weighted by Gasteiger charge is -2.21. The smallest absolute Gasteiger partial charge is 0.225 e. The molecule has 0 radical (unpaired) electrons. The number of nitrogens with zero attached hydrogens (tertiary/aromatic N) is 4. The number of allylic oxidation sites excluding steroid dienone is 4. The van der Waals surface area contributed by atoms with E-state index in [0.717, 1.165) is 11.3 Å². The number of anilines is 1. The third kappa shape index (κ3) is 7.45. The zero-order valence-electron chi connectivity index (χ0n) is 22.5. The molecule has 0 amide bonds. The average Bonchev–Trinajstić information content (AvgIpc) is 3.27. The molecule has 0 aliphatic heterocycles. The van der Waals surface area contributed by atoms with Crippen LogP contribution < -0.4 is 15.4 Å². The zero-order valence-corrected chi connectivity index (χ0v) is 24.1. The van der Waals surface area contributed by atoms with E-state index in [1.165, 1.54) is 12.5 Å². The first-order chi connectivity index (χ1) is 18.3. The molecule has 4 rings (SSSR count). The summed E-state index contributed by atoms with van der Waals surface area (Å²) in [6.45, 7) is 8.34. The Hall–Kier alpha value is -3.25. The van der Waals surface area contributed by atoms with Crippen LogP contribution in [-0.2, 0) is 21.8 Å². The third-order valence-electron chi connectivity index (χ3n) is 6.04. The van der Waals surface area contributed by atoms with Crippen molar-refractivity contribution < 1.29 is 18.3 Å². The molecule has 1 aromatic carbocycles. The number of hydrogen-bond acceptors (Lipinski definition) is 9. The number of aliphatic hydroxyl groups is 1. The molecular formula is C27H33ClN6O4S. The van der Waals surface area contributed by atoms with Crippen molar-refractivity contribution in [2.45, 2.75) is 52.4 Å². The van der Waals surface area contributed by atoms with Gasteiger partial charge in [-0.05, 0) is 36.1 Å². The number of nitrogens with one attached hydrogen (secondary N) is 2. The largest absolute Gasteiger partial charge is 0.439 e. The zero-order chi connectivity index (χ0) is 28.4. The van der Waals surface area contributed by atoms with Crippen molar-refractivity contribution >= 4 is 33.0 Å². The number of aromatic nitrogens is 4. The van der Waals surface area contributed by atoms with Crippen LogP contribution in [0.25, 0.3) is 5.70 Å². The Morgan fingerprint density at radius 3 is 2.69 bits per heavy atom. The third-order valence-corrected chi connectivity index (χ3v) is 7.46. The van der Waals surface area contributed by atoms with Gasteiger partial charge in [-0.25, -0.2) is 18.1 Å². The molecule has 2 heterocycles. The second-order valence-corrected chi connectivity index (χ2v) is 12.9. The molecule has 0 spiro atoms. The topological polar surface area (TPSA) is 131 Å². The van der Waals surface area contributed by atoms with Gasteiger partial charge in [0, 0.05) is 47.0 Å². The maximum atomic E-state index is 12.3. The highest BCUT2D eigenvalue weighted by atomic mass is 35.5. The molecule has 0 saturated carbocycles. The SMILES string of the molecule is CC1C=C(n2nc(C(C)(C)C)cc2NC(O)NCc2ccccc2Oc2ccnc(Cl)n2)C=C(S(C)(=O)=O)C1. The van der Waals surface area contributed by atoms with Gasteiger partial charge in [0.15, 0.2) is 16.2 Å². The molecule has 1 aliphatic rings. The van der Waals surface area contributed by atoms with E-state index in [9.17, 15) is 13.5 Å². The van der Waals surface area contributed by atoms with Crippen LogP contribution >= 0.6 is 11.6 Å². The highest BCUT2D eigenvalue weighted by Crippen LogP contribution is 2.32. The van der Waals surface area contributed by atoms with E-state index in [4.69, 9.17) is 21.4 Å². The van der Waals surface area contributed by atoms with Gasteiger partial charge < -0.3 is 15.2 Å². The van der Waals surface area contributed by atoms with E-state index < -0.39 is 16.2 Å². The molecule has 2 aromatic heterocycles. The minimum absolute atomic E-state index is 0.00850. The van der Waals surface area contributed by atoms with Crippen LogP contribution in [0.1, 0.15) is 45.4 Å². The summed E-state index contributed by atoms with van der Waals surface area (Å²) in [6.07, 6.45) is 5.62. The van der Waals surface area contributed by atoms with Crippen molar-refractivity contribution in [2.75, 3.05) is 11.6 Å². The molecule has 3 aromatic rings. The number of halogens is 1. The quantitative estimate of drug-likeness (QED) is 0.246. The van der Waals surface area contributed by atoms with Gasteiger partial charge in [-0.15, -0.1) is 0 Å². The summed E-state index contributed by atoms with van der Waals surface area (Å²) in [5, 5.41) is 21.8. The van der Waals surface area contributed by atoms with Gasteiger partial charge >= 0.3 is 0 Å². The lowest BCUT2D eigenvalue weighted by molar-refractivity contribution is 0.162. The molecule has 39 heavy (non-hydrogen) atoms. The standard InChI is InChI=1S/C27H33ClN6O4S/c1-17-12-19(14-20(13-17)39(5,36)37)34-23(15-22(33-34)27(2,3)4)31-26(35)30-16-18-8-6-7-9-21(18)38-24-10-11-29-25(28)32-24/h6-12,14-15,17,26,30-31,35H,13,16H2,1-5H3. The number of aliphatic hydroxyl groups excluding tert-OH is 1. The van der Waals surface area contributed by atoms with Crippen molar-refractivity contribution in [3.63, 3.8) is 0 Å². The van der Waals surface area contributed by atoms with Gasteiger partial charge in [-0.3, -0.25) is 5.32 Å². The van der Waals surface area contributed by atoms with E-state index in [-0.39, 0.29) is 23.2 Å². The average molecular weight is 573 g/mol. The van der Waals surface area contributed by atoms with Gasteiger partial charge in [-0.1, -0.05) is 52.0 Å². The Morgan fingerprint density at radius 1 is 1.26 bits per heavy atom. The second kappa shape index (κ2) is 11.5. The first-order valence-corrected chi connectivity index (χ1v) is 14.7. The van der Waals surface area contributed by atoms with Crippen LogP contribution in [0.4, 0.5) is 5.82 Å². The first-order valence-electron chi connectivity index (χ1n) is 12.5. The molecule has 0 fully saturated rings. The van der Waals surface area contributed by atoms with Gasteiger partial charge in [0.05, 0.1) is 11.4 Å². The molecule has 0 bridgehead atoms. The molecular weight excluding hydrogens is 540 g/mol. The van der Waals surface area contributed by atoms with E-state index >= 15 is 0 Å². The minimum Gasteiger partial charge on any atom is -0.439 e. The minimum atomic E-state index is -3.36. The molecule has 10 nitrogen and oxygen atoms in total. The van der Waals surface area contributed by atoms with Crippen LogP contribution in [0, 0.1) is 5.92 Å². The highest BCUT2D eigenvalue weighted by molar-refractivity contribution is 7.94. The van der Waals surface area contributed by atoms with Gasteiger partial charge in [0.1, 0.15) is 11.6 Å². The lowest BCUT2D eigenvalue weighted by Crippen LogP contribution is -2.36. The van der Waals surface area contributed by atoms with Crippen LogP contribution in [0.3, 0.4) is 0 Å². The summed E-state index contributed by atoms with van der Waals surface area (Å²) in [7, 11) is -3.36. The molecule has 208 valence electrons. The Bertz CT molecular complexity index is 1510. The predicted molar refractivity (Wildman–Crippen MR) is 152 cm³/mol. The Labute approximate surface area is 233 Å². The van der Waals surface area contributed by atoms with Crippen LogP contribution in [0.5, 0.6) is 11.6 Å². The second-order valence-electron chi connectivity index (χ2n) is 10.5. The fraction of sp³-hybridized carbons (Fsp3) is 0.370. The van der Waals surface area contributed by atoms with Crippen molar-refractivity contribution in [3.8, 4) is 11.6 Å². The number of benzene rings is 1. The number of rotatable bonds is 9. The number of hydrogen-bond donors (Lipinski definition) is 3. The van der Waals surface area contributed by atoms with E-state index in [0.29, 0.717) is 34.5 Å². The molecule has 2 atom stereocenters.